The van der Waals surface area contributed by atoms with E-state index in [1.165, 1.54) is 12.1 Å². The van der Waals surface area contributed by atoms with Crippen LogP contribution in [0.5, 0.6) is 0 Å². The van der Waals surface area contributed by atoms with E-state index in [0.29, 0.717) is 6.42 Å². The van der Waals surface area contributed by atoms with E-state index in [9.17, 15) is 23.7 Å². The summed E-state index contributed by atoms with van der Waals surface area (Å²) in [5, 5.41) is 18.3. The number of carbonyl (C=O) groups is 1. The van der Waals surface area contributed by atoms with Gasteiger partial charge in [-0.1, -0.05) is 29.8 Å². The third kappa shape index (κ3) is 6.28. The minimum absolute atomic E-state index is 0.0677. The molecule has 2 atom stereocenters. The molecule has 146 valence electrons. The van der Waals surface area contributed by atoms with E-state index in [2.05, 4.69) is 0 Å². The molecule has 27 heavy (non-hydrogen) atoms. The molecule has 0 saturated carbocycles. The zero-order valence-electron chi connectivity index (χ0n) is 15.4. The maximum atomic E-state index is 13.2. The molecule has 2 rings (SSSR count). The zero-order chi connectivity index (χ0) is 20.2. The Morgan fingerprint density at radius 1 is 1.19 bits per heavy atom. The Hall–Kier alpha value is -2.01. The standard InChI is InChI=1S/C20H24FO5P/c1-13-9-14(2)18(19(10-13)15-3-5-16(21)6-4-15)7-8-27(25,26)12-17(22)11-20(23)24/h3-6,9-10,17,22H,7-8,11-12H2,1-2H3,(H,23,24)(H,25,26)/t17-/m0/s1. The number of aryl methyl sites for hydroxylation is 2. The summed E-state index contributed by atoms with van der Waals surface area (Å²) in [5.41, 5.74) is 4.56. The Bertz CT molecular complexity index is 863. The highest BCUT2D eigenvalue weighted by Crippen LogP contribution is 2.43. The maximum Gasteiger partial charge on any atom is 0.305 e. The number of halogens is 1. The van der Waals surface area contributed by atoms with Crippen molar-refractivity contribution in [3.63, 3.8) is 0 Å². The number of aliphatic carboxylic acids is 1. The SMILES string of the molecule is Cc1cc(C)c(CCP(=O)(O)C[C@@H](O)CC(=O)O)c(-c2ccc(F)cc2)c1. The number of hydrogen-bond donors (Lipinski definition) is 3. The van der Waals surface area contributed by atoms with Crippen LogP contribution in [0.3, 0.4) is 0 Å². The molecular weight excluding hydrogens is 370 g/mol. The van der Waals surface area contributed by atoms with Crippen molar-refractivity contribution in [2.45, 2.75) is 32.8 Å². The molecule has 5 nitrogen and oxygen atoms in total. The number of carboxylic acids is 1. The summed E-state index contributed by atoms with van der Waals surface area (Å²) < 4.78 is 25.6. The number of rotatable bonds is 8. The molecule has 0 bridgehead atoms. The predicted octanol–water partition coefficient (Wildman–Crippen LogP) is 3.76. The molecule has 3 N–H and O–H groups in total. The van der Waals surface area contributed by atoms with Gasteiger partial charge in [-0.15, -0.1) is 0 Å². The van der Waals surface area contributed by atoms with Gasteiger partial charge in [0, 0.05) is 6.16 Å². The Balaban J connectivity index is 2.24. The number of carboxylic acid groups (broad SMARTS) is 1. The molecule has 0 aromatic heterocycles. The molecule has 0 fully saturated rings. The Kier molecular flexibility index (Phi) is 6.93. The fourth-order valence-corrected chi connectivity index (χ4v) is 4.73. The molecule has 0 aliphatic carbocycles. The number of aliphatic hydroxyl groups excluding tert-OH is 1. The summed E-state index contributed by atoms with van der Waals surface area (Å²) in [6.45, 7) is 3.86. The van der Waals surface area contributed by atoms with Gasteiger partial charge in [0.05, 0.1) is 18.7 Å². The lowest BCUT2D eigenvalue weighted by Gasteiger charge is -2.18. The van der Waals surface area contributed by atoms with E-state index in [1.807, 2.05) is 26.0 Å². The predicted molar refractivity (Wildman–Crippen MR) is 103 cm³/mol. The molecule has 7 heteroatoms. The molecule has 2 aromatic rings. The average molecular weight is 394 g/mol. The van der Waals surface area contributed by atoms with E-state index in [1.54, 1.807) is 12.1 Å². The first kappa shape index (κ1) is 21.3. The molecule has 2 aromatic carbocycles. The molecule has 0 saturated heterocycles. The lowest BCUT2D eigenvalue weighted by molar-refractivity contribution is -0.138. The molecule has 1 unspecified atom stereocenters. The van der Waals surface area contributed by atoms with Gasteiger partial charge in [-0.25, -0.2) is 4.39 Å². The highest BCUT2D eigenvalue weighted by molar-refractivity contribution is 7.58. The minimum atomic E-state index is -3.69. The third-order valence-electron chi connectivity index (χ3n) is 4.39. The van der Waals surface area contributed by atoms with E-state index in [0.717, 1.165) is 27.8 Å². The van der Waals surface area contributed by atoms with Crippen molar-refractivity contribution >= 4 is 13.3 Å². The first-order chi connectivity index (χ1) is 12.6. The highest BCUT2D eigenvalue weighted by atomic mass is 31.2. The monoisotopic (exact) mass is 394 g/mol. The molecule has 0 heterocycles. The number of aliphatic hydroxyl groups is 1. The second-order valence-electron chi connectivity index (χ2n) is 6.87. The van der Waals surface area contributed by atoms with Gasteiger partial charge >= 0.3 is 5.97 Å². The van der Waals surface area contributed by atoms with E-state index in [4.69, 9.17) is 5.11 Å². The largest absolute Gasteiger partial charge is 0.481 e. The molecule has 0 spiro atoms. The molecular formula is C20H24FO5P. The second-order valence-corrected chi connectivity index (χ2v) is 9.37. The number of hydrogen-bond acceptors (Lipinski definition) is 3. The number of benzene rings is 2. The Morgan fingerprint density at radius 3 is 2.41 bits per heavy atom. The smallest absolute Gasteiger partial charge is 0.305 e. The maximum absolute atomic E-state index is 13.2. The van der Waals surface area contributed by atoms with Gasteiger partial charge in [0.15, 0.2) is 0 Å². The van der Waals surface area contributed by atoms with Gasteiger partial charge in [-0.2, -0.15) is 0 Å². The van der Waals surface area contributed by atoms with Crippen LogP contribution in [0.1, 0.15) is 23.1 Å². The lowest BCUT2D eigenvalue weighted by atomic mass is 9.92. The molecule has 0 radical (unpaired) electrons. The van der Waals surface area contributed by atoms with Gasteiger partial charge < -0.3 is 15.1 Å². The first-order valence-corrected chi connectivity index (χ1v) is 10.7. The first-order valence-electron chi connectivity index (χ1n) is 8.64. The van der Waals surface area contributed by atoms with Crippen LogP contribution < -0.4 is 0 Å². The van der Waals surface area contributed by atoms with E-state index in [-0.39, 0.29) is 12.0 Å². The summed E-state index contributed by atoms with van der Waals surface area (Å²) >= 11 is 0. The minimum Gasteiger partial charge on any atom is -0.481 e. The van der Waals surface area contributed by atoms with Crippen LogP contribution >= 0.6 is 7.37 Å². The van der Waals surface area contributed by atoms with Crippen LogP contribution in [-0.2, 0) is 15.8 Å². The normalized spacial score (nSPS) is 14.6. The van der Waals surface area contributed by atoms with Gasteiger partial charge in [-0.3, -0.25) is 9.36 Å². The van der Waals surface area contributed by atoms with Crippen molar-refractivity contribution in [1.29, 1.82) is 0 Å². The van der Waals surface area contributed by atoms with Crippen molar-refractivity contribution in [3.8, 4) is 11.1 Å². The van der Waals surface area contributed by atoms with Crippen LogP contribution in [0.25, 0.3) is 11.1 Å². The summed E-state index contributed by atoms with van der Waals surface area (Å²) in [5.74, 6) is -1.55. The van der Waals surface area contributed by atoms with Crippen LogP contribution in [0.4, 0.5) is 4.39 Å². The van der Waals surface area contributed by atoms with Crippen molar-refractivity contribution in [3.05, 3.63) is 58.9 Å². The second kappa shape index (κ2) is 8.79. The summed E-state index contributed by atoms with van der Waals surface area (Å²) in [4.78, 5) is 20.8. The van der Waals surface area contributed by atoms with Gasteiger partial charge in [-0.05, 0) is 54.7 Å². The van der Waals surface area contributed by atoms with Gasteiger partial charge in [0.25, 0.3) is 0 Å². The summed E-state index contributed by atoms with van der Waals surface area (Å²) in [7, 11) is -3.69. The fraction of sp³-hybridized carbons (Fsp3) is 0.350. The average Bonchev–Trinajstić information content (AvgIpc) is 2.52. The Morgan fingerprint density at radius 2 is 1.81 bits per heavy atom. The molecule has 0 aliphatic heterocycles. The Labute approximate surface area is 157 Å². The quantitative estimate of drug-likeness (QED) is 0.593. The summed E-state index contributed by atoms with van der Waals surface area (Å²) in [6.07, 6.45) is -2.13. The van der Waals surface area contributed by atoms with E-state index < -0.39 is 32.0 Å². The van der Waals surface area contributed by atoms with Crippen molar-refractivity contribution in [2.75, 3.05) is 12.3 Å². The van der Waals surface area contributed by atoms with Crippen molar-refractivity contribution in [1.82, 2.24) is 0 Å². The van der Waals surface area contributed by atoms with Crippen LogP contribution in [-0.4, -0.2) is 39.5 Å². The van der Waals surface area contributed by atoms with E-state index >= 15 is 0 Å². The lowest BCUT2D eigenvalue weighted by Crippen LogP contribution is -2.18. The topological polar surface area (TPSA) is 94.8 Å². The fourth-order valence-electron chi connectivity index (χ4n) is 3.19. The third-order valence-corrected chi connectivity index (χ3v) is 6.30. The summed E-state index contributed by atoms with van der Waals surface area (Å²) in [6, 6.07) is 10.0. The highest BCUT2D eigenvalue weighted by Gasteiger charge is 2.25. The van der Waals surface area contributed by atoms with Gasteiger partial charge in [0.1, 0.15) is 5.82 Å². The van der Waals surface area contributed by atoms with Crippen LogP contribution in [0.2, 0.25) is 0 Å². The zero-order valence-corrected chi connectivity index (χ0v) is 16.2. The van der Waals surface area contributed by atoms with Crippen molar-refractivity contribution in [2.24, 2.45) is 0 Å². The van der Waals surface area contributed by atoms with Crippen LogP contribution in [0.15, 0.2) is 36.4 Å². The molecule has 0 amide bonds. The molecule has 0 aliphatic rings. The van der Waals surface area contributed by atoms with Crippen molar-refractivity contribution < 1.29 is 28.9 Å². The van der Waals surface area contributed by atoms with Crippen LogP contribution in [0, 0.1) is 19.7 Å². The van der Waals surface area contributed by atoms with Gasteiger partial charge in [0.2, 0.25) is 7.37 Å².